The van der Waals surface area contributed by atoms with Crippen LogP contribution in [0.15, 0.2) is 12.1 Å². The second-order valence-corrected chi connectivity index (χ2v) is 14.7. The molecule has 0 spiro atoms. The molecule has 0 aromatic heterocycles. The summed E-state index contributed by atoms with van der Waals surface area (Å²) >= 11 is 37.6. The van der Waals surface area contributed by atoms with Gasteiger partial charge in [0, 0.05) is 10.8 Å². The number of carbonyl (C=O) groups excluding carboxylic acids is 4. The van der Waals surface area contributed by atoms with Crippen molar-refractivity contribution in [3.8, 4) is 11.5 Å². The molecule has 4 atom stereocenters. The maximum Gasteiger partial charge on any atom is 0.423 e. The molecule has 4 unspecified atom stereocenters. The lowest BCUT2D eigenvalue weighted by atomic mass is 9.75. The van der Waals surface area contributed by atoms with E-state index in [1.807, 2.05) is 55.4 Å². The van der Waals surface area contributed by atoms with Gasteiger partial charge in [0.15, 0.2) is 11.5 Å². The molecule has 2 aromatic carbocycles. The highest BCUT2D eigenvalue weighted by molar-refractivity contribution is 6.47. The highest BCUT2D eigenvalue weighted by Crippen LogP contribution is 2.43. The summed E-state index contributed by atoms with van der Waals surface area (Å²) in [5.41, 5.74) is -1.70. The van der Waals surface area contributed by atoms with Gasteiger partial charge in [-0.15, -0.1) is 0 Å². The smallest absolute Gasteiger partial charge is 0.423 e. The average Bonchev–Trinajstić information content (AvgIpc) is 3.06. The fourth-order valence-electron chi connectivity index (χ4n) is 4.77. The van der Waals surface area contributed by atoms with Crippen molar-refractivity contribution in [2.75, 3.05) is 13.2 Å². The van der Waals surface area contributed by atoms with Crippen molar-refractivity contribution in [3.63, 3.8) is 0 Å². The minimum Gasteiger partial charge on any atom is -0.461 e. The maximum atomic E-state index is 13.3. The van der Waals surface area contributed by atoms with E-state index in [2.05, 4.69) is 0 Å². The zero-order chi connectivity index (χ0) is 36.7. The molecule has 0 N–H and O–H groups in total. The first-order valence-electron chi connectivity index (χ1n) is 15.4. The summed E-state index contributed by atoms with van der Waals surface area (Å²) in [7, 11) is 0. The van der Waals surface area contributed by atoms with Crippen molar-refractivity contribution in [2.24, 2.45) is 22.7 Å². The van der Waals surface area contributed by atoms with Crippen LogP contribution in [0.3, 0.4) is 0 Å². The van der Waals surface area contributed by atoms with Crippen LogP contribution < -0.4 is 9.47 Å². The predicted octanol–water partition coefficient (Wildman–Crippen LogP) is 11.4. The highest BCUT2D eigenvalue weighted by atomic mass is 35.5. The van der Waals surface area contributed by atoms with E-state index < -0.39 is 46.5 Å². The second kappa shape index (κ2) is 17.8. The molecule has 0 saturated heterocycles. The summed E-state index contributed by atoms with van der Waals surface area (Å²) in [6.07, 6.45) is 3.09. The molecule has 0 saturated carbocycles. The highest BCUT2D eigenvalue weighted by Gasteiger charge is 2.35. The molecule has 0 fully saturated rings. The van der Waals surface area contributed by atoms with Crippen molar-refractivity contribution in [2.45, 2.75) is 81.1 Å². The van der Waals surface area contributed by atoms with Crippen molar-refractivity contribution in [1.82, 2.24) is 0 Å². The second-order valence-electron chi connectivity index (χ2n) is 12.3. The molecule has 0 radical (unpaired) electrons. The number of hydrogen-bond donors (Lipinski definition) is 0. The summed E-state index contributed by atoms with van der Waals surface area (Å²) in [5, 5.41) is -1.55. The SMILES string of the molecule is CCC(C)C(C)(CC)COC(=O)c1c(Cl)c(Cl)cc(Cl)c1OC(=O)C(=O)Oc1c(Cl)cc(Cl)c(Cl)c1C(=O)OCC(C)(CC)C(C)CC. The zero-order valence-corrected chi connectivity index (χ0v) is 32.6. The Labute approximate surface area is 311 Å². The van der Waals surface area contributed by atoms with Crippen LogP contribution in [-0.4, -0.2) is 37.1 Å². The summed E-state index contributed by atoms with van der Waals surface area (Å²) in [6, 6.07) is 2.25. The molecule has 48 heavy (non-hydrogen) atoms. The molecule has 0 bridgehead atoms. The molecule has 0 heterocycles. The summed E-state index contributed by atoms with van der Waals surface area (Å²) in [4.78, 5) is 52.8. The summed E-state index contributed by atoms with van der Waals surface area (Å²) in [6.45, 7) is 16.1. The van der Waals surface area contributed by atoms with Gasteiger partial charge < -0.3 is 18.9 Å². The Balaban J connectivity index is 2.43. The van der Waals surface area contributed by atoms with Crippen LogP contribution in [0.5, 0.6) is 11.5 Å². The molecule has 0 aliphatic heterocycles. The average molecular weight is 789 g/mol. The minimum absolute atomic E-state index is 0.0106. The third-order valence-corrected chi connectivity index (χ3v) is 11.6. The monoisotopic (exact) mass is 786 g/mol. The molecule has 0 aliphatic carbocycles. The fraction of sp³-hybridized carbons (Fsp3) is 0.529. The van der Waals surface area contributed by atoms with E-state index in [0.29, 0.717) is 12.8 Å². The van der Waals surface area contributed by atoms with E-state index in [4.69, 9.17) is 88.6 Å². The van der Waals surface area contributed by atoms with Crippen LogP contribution in [0.25, 0.3) is 0 Å². The van der Waals surface area contributed by atoms with Crippen LogP contribution in [0.2, 0.25) is 30.1 Å². The topological polar surface area (TPSA) is 105 Å². The number of halogens is 6. The van der Waals surface area contributed by atoms with E-state index in [9.17, 15) is 19.2 Å². The van der Waals surface area contributed by atoms with Gasteiger partial charge in [0.25, 0.3) is 0 Å². The first-order chi connectivity index (χ1) is 22.3. The van der Waals surface area contributed by atoms with Crippen molar-refractivity contribution in [3.05, 3.63) is 53.4 Å². The third kappa shape index (κ3) is 9.64. The van der Waals surface area contributed by atoms with Crippen molar-refractivity contribution < 1.29 is 38.1 Å². The molecule has 14 heteroatoms. The Morgan fingerprint density at radius 3 is 1.19 bits per heavy atom. The maximum absolute atomic E-state index is 13.3. The van der Waals surface area contributed by atoms with Gasteiger partial charge in [-0.05, 0) is 36.8 Å². The van der Waals surface area contributed by atoms with Gasteiger partial charge in [0.2, 0.25) is 0 Å². The largest absolute Gasteiger partial charge is 0.461 e. The number of benzene rings is 2. The summed E-state index contributed by atoms with van der Waals surface area (Å²) < 4.78 is 21.6. The molecule has 0 amide bonds. The minimum atomic E-state index is -1.65. The van der Waals surface area contributed by atoms with E-state index in [1.165, 1.54) is 0 Å². The molecule has 0 aliphatic rings. The van der Waals surface area contributed by atoms with E-state index in [1.54, 1.807) is 0 Å². The van der Waals surface area contributed by atoms with Crippen LogP contribution in [0.1, 0.15) is 102 Å². The molecular formula is C34H40Cl6O8. The lowest BCUT2D eigenvalue weighted by Gasteiger charge is -2.33. The zero-order valence-electron chi connectivity index (χ0n) is 28.1. The Morgan fingerprint density at radius 1 is 0.604 bits per heavy atom. The van der Waals surface area contributed by atoms with Crippen LogP contribution in [0, 0.1) is 22.7 Å². The van der Waals surface area contributed by atoms with Gasteiger partial charge in [-0.25, -0.2) is 19.2 Å². The van der Waals surface area contributed by atoms with Gasteiger partial charge in [0.05, 0.1) is 43.3 Å². The Morgan fingerprint density at radius 2 is 0.917 bits per heavy atom. The standard InChI is InChI=1S/C34H40Cl6O8/c1-9-17(5)33(7,11-3)15-45-29(41)23-25(39)19(35)13-21(37)27(23)47-31(43)32(44)48-28-22(38)14-20(36)26(40)24(28)30(42)46-16-34(8,12-4)18(6)10-2/h13-14,17-18H,9-12,15-16H2,1-8H3. The number of hydrogen-bond acceptors (Lipinski definition) is 8. The molecule has 2 rings (SSSR count). The Kier molecular flexibility index (Phi) is 15.7. The van der Waals surface area contributed by atoms with Gasteiger partial charge in [-0.2, -0.15) is 0 Å². The number of rotatable bonds is 14. The number of carbonyl (C=O) groups is 4. The first kappa shape index (κ1) is 42.2. The number of esters is 4. The van der Waals surface area contributed by atoms with Gasteiger partial charge in [-0.3, -0.25) is 0 Å². The molecular weight excluding hydrogens is 749 g/mol. The van der Waals surface area contributed by atoms with E-state index in [-0.39, 0.29) is 66.0 Å². The lowest BCUT2D eigenvalue weighted by molar-refractivity contribution is -0.156. The Hall–Kier alpha value is -1.94. The Bertz CT molecular complexity index is 1430. The van der Waals surface area contributed by atoms with E-state index >= 15 is 0 Å². The molecule has 266 valence electrons. The predicted molar refractivity (Wildman–Crippen MR) is 190 cm³/mol. The van der Waals surface area contributed by atoms with Gasteiger partial charge in [0.1, 0.15) is 11.1 Å². The third-order valence-electron chi connectivity index (χ3n) is 9.50. The quantitative estimate of drug-likeness (QED) is 0.0806. The summed E-state index contributed by atoms with van der Waals surface area (Å²) in [5.74, 6) is -6.07. The van der Waals surface area contributed by atoms with Crippen molar-refractivity contribution in [1.29, 1.82) is 0 Å². The first-order valence-corrected chi connectivity index (χ1v) is 17.7. The van der Waals surface area contributed by atoms with E-state index in [0.717, 1.165) is 25.0 Å². The van der Waals surface area contributed by atoms with Crippen molar-refractivity contribution >= 4 is 93.5 Å². The lowest BCUT2D eigenvalue weighted by Crippen LogP contribution is -2.32. The fourth-order valence-corrected chi connectivity index (χ4v) is 6.20. The van der Waals surface area contributed by atoms with Gasteiger partial charge in [-0.1, -0.05) is 138 Å². The number of ether oxygens (including phenoxy) is 4. The van der Waals surface area contributed by atoms with Gasteiger partial charge >= 0.3 is 23.9 Å². The molecule has 8 nitrogen and oxygen atoms in total. The van der Waals surface area contributed by atoms with Crippen LogP contribution in [0.4, 0.5) is 0 Å². The normalized spacial score (nSPS) is 15.0. The molecule has 2 aromatic rings. The van der Waals surface area contributed by atoms with Crippen LogP contribution >= 0.6 is 69.6 Å². The van der Waals surface area contributed by atoms with Crippen LogP contribution in [-0.2, 0) is 19.1 Å².